The summed E-state index contributed by atoms with van der Waals surface area (Å²) < 4.78 is 14.6. The average molecular weight is 369 g/mol. The van der Waals surface area contributed by atoms with Crippen molar-refractivity contribution in [2.45, 2.75) is 63.2 Å². The van der Waals surface area contributed by atoms with E-state index in [1.165, 1.54) is 12.8 Å². The molecule has 0 bridgehead atoms. The van der Waals surface area contributed by atoms with E-state index in [1.807, 2.05) is 13.8 Å². The topological polar surface area (TPSA) is 110 Å². The summed E-state index contributed by atoms with van der Waals surface area (Å²) in [6, 6.07) is 2.68. The molecular formula is C18H23N7O2. The highest BCUT2D eigenvalue weighted by molar-refractivity contribution is 5.87. The van der Waals surface area contributed by atoms with Crippen LogP contribution < -0.4 is 5.32 Å². The summed E-state index contributed by atoms with van der Waals surface area (Å²) in [7, 11) is 0. The number of rotatable bonds is 5. The lowest BCUT2D eigenvalue weighted by Gasteiger charge is -2.24. The molecule has 2 aromatic rings. The van der Waals surface area contributed by atoms with E-state index in [4.69, 9.17) is 15.0 Å². The molecule has 3 fully saturated rings. The van der Waals surface area contributed by atoms with E-state index in [1.54, 1.807) is 6.33 Å². The summed E-state index contributed by atoms with van der Waals surface area (Å²) in [4.78, 5) is 11.9. The highest BCUT2D eigenvalue weighted by Crippen LogP contribution is 2.48. The van der Waals surface area contributed by atoms with Crippen LogP contribution in [0.1, 0.15) is 39.2 Å². The van der Waals surface area contributed by atoms with E-state index in [0.717, 1.165) is 23.3 Å². The molecular weight excluding hydrogens is 346 g/mol. The number of fused-ring (bicyclic) bond motifs is 2. The van der Waals surface area contributed by atoms with Crippen LogP contribution in [0.25, 0.3) is 21.5 Å². The van der Waals surface area contributed by atoms with Gasteiger partial charge in [-0.3, -0.25) is 0 Å². The maximum Gasteiger partial charge on any atom is 0.163 e. The van der Waals surface area contributed by atoms with Gasteiger partial charge in [-0.15, -0.1) is 0 Å². The molecule has 142 valence electrons. The van der Waals surface area contributed by atoms with E-state index in [-0.39, 0.29) is 24.2 Å². The molecule has 2 saturated carbocycles. The second-order valence-electron chi connectivity index (χ2n) is 8.14. The lowest BCUT2D eigenvalue weighted by atomic mass is 10.1. The van der Waals surface area contributed by atoms with Gasteiger partial charge in [-0.1, -0.05) is 5.11 Å². The van der Waals surface area contributed by atoms with Gasteiger partial charge in [0.1, 0.15) is 23.9 Å². The molecule has 0 unspecified atom stereocenters. The molecule has 0 spiro atoms. The molecule has 1 saturated heterocycles. The zero-order valence-corrected chi connectivity index (χ0v) is 15.4. The first-order valence-electron chi connectivity index (χ1n) is 9.50. The number of nitrogens with one attached hydrogen (secondary N) is 1. The molecule has 0 radical (unpaired) electrons. The van der Waals surface area contributed by atoms with E-state index >= 15 is 0 Å². The van der Waals surface area contributed by atoms with Crippen molar-refractivity contribution in [3.8, 4) is 0 Å². The second kappa shape index (κ2) is 6.09. The number of hydrogen-bond donors (Lipinski definition) is 1. The Hall–Kier alpha value is -2.35. The third-order valence-corrected chi connectivity index (χ3v) is 5.72. The maximum absolute atomic E-state index is 8.73. The van der Waals surface area contributed by atoms with Crippen LogP contribution in [0.15, 0.2) is 23.7 Å². The number of azide groups is 1. The first-order chi connectivity index (χ1) is 13.1. The third-order valence-electron chi connectivity index (χ3n) is 5.72. The summed E-state index contributed by atoms with van der Waals surface area (Å²) in [5.74, 6) is 0.380. The minimum atomic E-state index is -0.640. The number of nitrogens with zero attached hydrogens (tertiary/aromatic N) is 6. The van der Waals surface area contributed by atoms with Crippen molar-refractivity contribution in [1.29, 1.82) is 0 Å². The molecule has 2 aliphatic carbocycles. The van der Waals surface area contributed by atoms with Crippen molar-refractivity contribution >= 4 is 16.9 Å². The molecule has 9 nitrogen and oxygen atoms in total. The maximum atomic E-state index is 8.73. The van der Waals surface area contributed by atoms with Gasteiger partial charge in [0.2, 0.25) is 0 Å². The standard InChI is InChI=1S/C18H23N7O2/c1-18(2)26-14-10(8-22-24-19)7-13(15(14)27-18)25-6-5-12-16(23-11-3-4-11)20-9-21-17(12)25/h5-6,9-11,13-15H,3-4,7-8H2,1-2H3,(H,20,21,23)/t10-,13-,14-,15+/m1/s1. The first-order valence-corrected chi connectivity index (χ1v) is 9.50. The molecule has 4 atom stereocenters. The highest BCUT2D eigenvalue weighted by Gasteiger charge is 2.54. The van der Waals surface area contributed by atoms with Gasteiger partial charge in [-0.2, -0.15) is 0 Å². The molecule has 27 heavy (non-hydrogen) atoms. The van der Waals surface area contributed by atoms with Crippen LogP contribution in [0, 0.1) is 5.92 Å². The van der Waals surface area contributed by atoms with E-state index in [9.17, 15) is 0 Å². The van der Waals surface area contributed by atoms with Crippen LogP contribution in [0.3, 0.4) is 0 Å². The van der Waals surface area contributed by atoms with Gasteiger partial charge >= 0.3 is 0 Å². The van der Waals surface area contributed by atoms with Gasteiger partial charge in [0, 0.05) is 23.7 Å². The normalized spacial score (nSPS) is 31.6. The zero-order chi connectivity index (χ0) is 18.6. The largest absolute Gasteiger partial charge is 0.367 e. The van der Waals surface area contributed by atoms with Gasteiger partial charge < -0.3 is 19.4 Å². The summed E-state index contributed by atoms with van der Waals surface area (Å²) in [6.07, 6.45) is 6.71. The number of ether oxygens (including phenoxy) is 2. The Morgan fingerprint density at radius 3 is 2.93 bits per heavy atom. The lowest BCUT2D eigenvalue weighted by Crippen LogP contribution is -2.27. The van der Waals surface area contributed by atoms with Gasteiger partial charge in [0.05, 0.1) is 17.5 Å². The van der Waals surface area contributed by atoms with Crippen molar-refractivity contribution in [3.63, 3.8) is 0 Å². The van der Waals surface area contributed by atoms with Crippen molar-refractivity contribution in [3.05, 3.63) is 29.0 Å². The van der Waals surface area contributed by atoms with Crippen LogP contribution >= 0.6 is 0 Å². The van der Waals surface area contributed by atoms with Crippen LogP contribution in [0.5, 0.6) is 0 Å². The summed E-state index contributed by atoms with van der Waals surface area (Å²) in [5.41, 5.74) is 9.62. The fourth-order valence-electron chi connectivity index (χ4n) is 4.42. The summed E-state index contributed by atoms with van der Waals surface area (Å²) in [5, 5.41) is 8.30. The average Bonchev–Trinajstić information content (AvgIpc) is 3.12. The first kappa shape index (κ1) is 16.8. The van der Waals surface area contributed by atoms with Gasteiger partial charge in [0.15, 0.2) is 5.79 Å². The molecule has 3 aliphatic rings. The van der Waals surface area contributed by atoms with E-state index in [2.05, 4.69) is 42.1 Å². The van der Waals surface area contributed by atoms with Crippen molar-refractivity contribution in [2.24, 2.45) is 11.0 Å². The fourth-order valence-corrected chi connectivity index (χ4v) is 4.42. The SMILES string of the molecule is CC1(C)O[C@@H]2[C@@H](CN=[N+]=[N-])C[C@@H](n3ccc4c(NC5CC5)ncnc43)[C@@H]2O1. The van der Waals surface area contributed by atoms with Crippen LogP contribution in [0.4, 0.5) is 5.82 Å². The highest BCUT2D eigenvalue weighted by atomic mass is 16.8. The molecule has 0 aromatic carbocycles. The monoisotopic (exact) mass is 369 g/mol. The van der Waals surface area contributed by atoms with Crippen molar-refractivity contribution < 1.29 is 9.47 Å². The quantitative estimate of drug-likeness (QED) is 0.493. The zero-order valence-electron chi connectivity index (χ0n) is 15.4. The van der Waals surface area contributed by atoms with Gasteiger partial charge in [0.25, 0.3) is 0 Å². The Bertz CT molecular complexity index is 916. The molecule has 2 aromatic heterocycles. The smallest absolute Gasteiger partial charge is 0.163 e. The Morgan fingerprint density at radius 1 is 1.33 bits per heavy atom. The van der Waals surface area contributed by atoms with E-state index < -0.39 is 5.79 Å². The van der Waals surface area contributed by atoms with Crippen LogP contribution in [-0.2, 0) is 9.47 Å². The number of hydrogen-bond acceptors (Lipinski definition) is 6. The summed E-state index contributed by atoms with van der Waals surface area (Å²) in [6.45, 7) is 4.28. The van der Waals surface area contributed by atoms with Gasteiger partial charge in [-0.25, -0.2) is 9.97 Å². The molecule has 1 aliphatic heterocycles. The molecule has 5 rings (SSSR count). The Morgan fingerprint density at radius 2 is 2.15 bits per heavy atom. The predicted molar refractivity (Wildman–Crippen MR) is 99.2 cm³/mol. The van der Waals surface area contributed by atoms with Crippen molar-refractivity contribution in [1.82, 2.24) is 14.5 Å². The predicted octanol–water partition coefficient (Wildman–Crippen LogP) is 3.40. The minimum Gasteiger partial charge on any atom is -0.367 e. The van der Waals surface area contributed by atoms with Crippen LogP contribution in [-0.4, -0.2) is 45.1 Å². The molecule has 9 heteroatoms. The molecule has 3 heterocycles. The molecule has 1 N–H and O–H groups in total. The van der Waals surface area contributed by atoms with E-state index in [0.29, 0.717) is 12.6 Å². The second-order valence-corrected chi connectivity index (χ2v) is 8.14. The number of anilines is 1. The minimum absolute atomic E-state index is 0.0804. The van der Waals surface area contributed by atoms with Crippen molar-refractivity contribution in [2.75, 3.05) is 11.9 Å². The number of aromatic nitrogens is 3. The van der Waals surface area contributed by atoms with Gasteiger partial charge in [-0.05, 0) is 50.6 Å². The Labute approximate surface area is 156 Å². The molecule has 0 amide bonds. The summed E-state index contributed by atoms with van der Waals surface area (Å²) >= 11 is 0. The fraction of sp³-hybridized carbons (Fsp3) is 0.667. The van der Waals surface area contributed by atoms with Crippen LogP contribution in [0.2, 0.25) is 0 Å². The third kappa shape index (κ3) is 2.92. The lowest BCUT2D eigenvalue weighted by molar-refractivity contribution is -0.159. The Kier molecular flexibility index (Phi) is 3.79. The Balaban J connectivity index is 1.50.